The molecule has 1 atom stereocenters. The fourth-order valence-corrected chi connectivity index (χ4v) is 2.21. The number of hydrogen-bond acceptors (Lipinski definition) is 6. The van der Waals surface area contributed by atoms with Gasteiger partial charge in [-0.25, -0.2) is 4.98 Å². The van der Waals surface area contributed by atoms with Crippen LogP contribution in [-0.2, 0) is 6.42 Å². The SMILES string of the molecule is Cl.c1cnc(-c2nc(CC3CCCNC3)no2)cn1. The molecule has 2 aromatic rings. The van der Waals surface area contributed by atoms with Crippen LogP contribution in [0.15, 0.2) is 23.1 Å². The zero-order valence-corrected chi connectivity index (χ0v) is 11.3. The molecule has 7 heteroatoms. The minimum absolute atomic E-state index is 0. The number of nitrogens with zero attached hydrogens (tertiary/aromatic N) is 4. The average Bonchev–Trinajstić information content (AvgIpc) is 2.89. The van der Waals surface area contributed by atoms with Gasteiger partial charge in [0.2, 0.25) is 0 Å². The van der Waals surface area contributed by atoms with Crippen molar-refractivity contribution in [3.8, 4) is 11.6 Å². The van der Waals surface area contributed by atoms with Crippen LogP contribution < -0.4 is 5.32 Å². The molecule has 3 heterocycles. The molecule has 102 valence electrons. The van der Waals surface area contributed by atoms with E-state index >= 15 is 0 Å². The molecule has 6 nitrogen and oxygen atoms in total. The van der Waals surface area contributed by atoms with E-state index < -0.39 is 0 Å². The summed E-state index contributed by atoms with van der Waals surface area (Å²) in [5, 5.41) is 7.39. The summed E-state index contributed by atoms with van der Waals surface area (Å²) in [6.07, 6.45) is 8.16. The maximum absolute atomic E-state index is 5.21. The van der Waals surface area contributed by atoms with Crippen molar-refractivity contribution in [2.75, 3.05) is 13.1 Å². The molecule has 1 N–H and O–H groups in total. The Morgan fingerprint density at radius 2 is 2.32 bits per heavy atom. The molecular formula is C12H16ClN5O. The molecule has 0 aromatic carbocycles. The highest BCUT2D eigenvalue weighted by molar-refractivity contribution is 5.85. The number of rotatable bonds is 3. The van der Waals surface area contributed by atoms with Gasteiger partial charge in [-0.1, -0.05) is 5.16 Å². The third-order valence-corrected chi connectivity index (χ3v) is 3.12. The Labute approximate surface area is 117 Å². The number of nitrogens with one attached hydrogen (secondary N) is 1. The molecule has 1 unspecified atom stereocenters. The second kappa shape index (κ2) is 6.58. The van der Waals surface area contributed by atoms with E-state index in [1.165, 1.54) is 12.8 Å². The topological polar surface area (TPSA) is 76.7 Å². The standard InChI is InChI=1S/C12H15N5O.ClH/c1-2-9(7-13-3-1)6-11-16-12(18-17-11)10-8-14-4-5-15-10;/h4-5,8-9,13H,1-3,6-7H2;1H. The number of aromatic nitrogens is 4. The van der Waals surface area contributed by atoms with E-state index in [2.05, 4.69) is 25.4 Å². The maximum Gasteiger partial charge on any atom is 0.278 e. The van der Waals surface area contributed by atoms with Crippen LogP contribution in [0.1, 0.15) is 18.7 Å². The van der Waals surface area contributed by atoms with E-state index in [-0.39, 0.29) is 12.4 Å². The van der Waals surface area contributed by atoms with E-state index in [0.717, 1.165) is 25.3 Å². The second-order valence-electron chi connectivity index (χ2n) is 4.52. The van der Waals surface area contributed by atoms with E-state index in [1.807, 2.05) is 0 Å². The summed E-state index contributed by atoms with van der Waals surface area (Å²) < 4.78 is 5.21. The lowest BCUT2D eigenvalue weighted by Gasteiger charge is -2.20. The van der Waals surface area contributed by atoms with Gasteiger partial charge in [-0.15, -0.1) is 12.4 Å². The van der Waals surface area contributed by atoms with E-state index in [4.69, 9.17) is 4.52 Å². The molecule has 0 spiro atoms. The smallest absolute Gasteiger partial charge is 0.278 e. The van der Waals surface area contributed by atoms with Gasteiger partial charge in [0.1, 0.15) is 5.69 Å². The number of halogens is 1. The summed E-state index contributed by atoms with van der Waals surface area (Å²) in [6, 6.07) is 0. The van der Waals surface area contributed by atoms with Crippen LogP contribution in [-0.4, -0.2) is 33.2 Å². The lowest BCUT2D eigenvalue weighted by molar-refractivity contribution is 0.359. The fourth-order valence-electron chi connectivity index (χ4n) is 2.21. The third-order valence-electron chi connectivity index (χ3n) is 3.12. The Balaban J connectivity index is 0.00000133. The predicted octanol–water partition coefficient (Wildman–Crippen LogP) is 1.49. The summed E-state index contributed by atoms with van der Waals surface area (Å²) in [5.74, 6) is 1.80. The van der Waals surface area contributed by atoms with Gasteiger partial charge in [0.25, 0.3) is 5.89 Å². The van der Waals surface area contributed by atoms with Crippen LogP contribution in [0.3, 0.4) is 0 Å². The number of piperidine rings is 1. The molecule has 0 bridgehead atoms. The Hall–Kier alpha value is -1.53. The highest BCUT2D eigenvalue weighted by Crippen LogP contribution is 2.17. The molecule has 0 saturated carbocycles. The highest BCUT2D eigenvalue weighted by Gasteiger charge is 2.17. The molecule has 1 fully saturated rings. The van der Waals surface area contributed by atoms with Crippen molar-refractivity contribution in [3.63, 3.8) is 0 Å². The second-order valence-corrected chi connectivity index (χ2v) is 4.52. The molecule has 0 amide bonds. The van der Waals surface area contributed by atoms with Crippen molar-refractivity contribution in [2.45, 2.75) is 19.3 Å². The van der Waals surface area contributed by atoms with E-state index in [0.29, 0.717) is 17.5 Å². The molecule has 2 aromatic heterocycles. The van der Waals surface area contributed by atoms with Crippen molar-refractivity contribution in [2.24, 2.45) is 5.92 Å². The van der Waals surface area contributed by atoms with Crippen LogP contribution in [0.5, 0.6) is 0 Å². The minimum atomic E-state index is 0. The first-order chi connectivity index (χ1) is 8.92. The van der Waals surface area contributed by atoms with Crippen LogP contribution in [0.4, 0.5) is 0 Å². The first kappa shape index (κ1) is 13.9. The predicted molar refractivity (Wildman–Crippen MR) is 71.9 cm³/mol. The van der Waals surface area contributed by atoms with Crippen LogP contribution in [0.2, 0.25) is 0 Å². The summed E-state index contributed by atoms with van der Waals surface area (Å²) in [5.41, 5.74) is 0.623. The Kier molecular flexibility index (Phi) is 4.81. The first-order valence-corrected chi connectivity index (χ1v) is 6.21. The fraction of sp³-hybridized carbons (Fsp3) is 0.500. The van der Waals surface area contributed by atoms with Crippen molar-refractivity contribution >= 4 is 12.4 Å². The first-order valence-electron chi connectivity index (χ1n) is 6.21. The highest BCUT2D eigenvalue weighted by atomic mass is 35.5. The van der Waals surface area contributed by atoms with Crippen LogP contribution in [0.25, 0.3) is 11.6 Å². The van der Waals surface area contributed by atoms with Gasteiger partial charge in [0.05, 0.1) is 6.20 Å². The van der Waals surface area contributed by atoms with Crippen molar-refractivity contribution < 1.29 is 4.52 Å². The quantitative estimate of drug-likeness (QED) is 0.918. The van der Waals surface area contributed by atoms with Crippen LogP contribution >= 0.6 is 12.4 Å². The van der Waals surface area contributed by atoms with Crippen molar-refractivity contribution in [1.82, 2.24) is 25.4 Å². The van der Waals surface area contributed by atoms with Gasteiger partial charge >= 0.3 is 0 Å². The molecule has 3 rings (SSSR count). The molecule has 1 aliphatic heterocycles. The monoisotopic (exact) mass is 281 g/mol. The Morgan fingerprint density at radius 1 is 1.37 bits per heavy atom. The molecule has 19 heavy (non-hydrogen) atoms. The minimum Gasteiger partial charge on any atom is -0.332 e. The lowest BCUT2D eigenvalue weighted by atomic mass is 9.96. The zero-order valence-electron chi connectivity index (χ0n) is 10.5. The molecule has 0 aliphatic carbocycles. The van der Waals surface area contributed by atoms with Crippen molar-refractivity contribution in [1.29, 1.82) is 0 Å². The largest absolute Gasteiger partial charge is 0.332 e. The van der Waals surface area contributed by atoms with Gasteiger partial charge in [-0.2, -0.15) is 4.98 Å². The Morgan fingerprint density at radius 3 is 3.05 bits per heavy atom. The summed E-state index contributed by atoms with van der Waals surface area (Å²) in [4.78, 5) is 12.5. The molecule has 1 saturated heterocycles. The Bertz CT molecular complexity index is 498. The zero-order chi connectivity index (χ0) is 12.2. The van der Waals surface area contributed by atoms with Crippen LogP contribution in [0, 0.1) is 5.92 Å². The maximum atomic E-state index is 5.21. The molecule has 0 radical (unpaired) electrons. The van der Waals surface area contributed by atoms with E-state index in [9.17, 15) is 0 Å². The van der Waals surface area contributed by atoms with E-state index in [1.54, 1.807) is 18.6 Å². The molecule has 1 aliphatic rings. The van der Waals surface area contributed by atoms with Gasteiger partial charge in [0, 0.05) is 18.8 Å². The summed E-state index contributed by atoms with van der Waals surface area (Å²) in [7, 11) is 0. The molecular weight excluding hydrogens is 266 g/mol. The summed E-state index contributed by atoms with van der Waals surface area (Å²) in [6.45, 7) is 2.16. The normalized spacial score (nSPS) is 18.8. The third kappa shape index (κ3) is 3.48. The van der Waals surface area contributed by atoms with Gasteiger partial charge in [-0.3, -0.25) is 4.98 Å². The van der Waals surface area contributed by atoms with Gasteiger partial charge in [0.15, 0.2) is 5.82 Å². The van der Waals surface area contributed by atoms with Gasteiger partial charge < -0.3 is 9.84 Å². The van der Waals surface area contributed by atoms with Crippen molar-refractivity contribution in [3.05, 3.63) is 24.4 Å². The average molecular weight is 282 g/mol. The summed E-state index contributed by atoms with van der Waals surface area (Å²) >= 11 is 0. The lowest BCUT2D eigenvalue weighted by Crippen LogP contribution is -2.31. The van der Waals surface area contributed by atoms with Gasteiger partial charge in [-0.05, 0) is 31.8 Å². The number of hydrogen-bond donors (Lipinski definition) is 1.